The van der Waals surface area contributed by atoms with Gasteiger partial charge in [0.15, 0.2) is 5.16 Å². The van der Waals surface area contributed by atoms with Gasteiger partial charge in [0, 0.05) is 11.7 Å². The molecular weight excluding hydrogens is 471 g/mol. The third kappa shape index (κ3) is 5.44. The van der Waals surface area contributed by atoms with E-state index in [1.807, 2.05) is 37.3 Å². The van der Waals surface area contributed by atoms with Gasteiger partial charge in [-0.25, -0.2) is 4.98 Å². The molecule has 0 fully saturated rings. The number of hydrogen-bond acceptors (Lipinski definition) is 5. The topological polar surface area (TPSA) is 64.0 Å². The highest BCUT2D eigenvalue weighted by molar-refractivity contribution is 8.00. The molecule has 5 nitrogen and oxygen atoms in total. The molecule has 1 amide bonds. The third-order valence-corrected chi connectivity index (χ3v) is 7.18. The smallest absolute Gasteiger partial charge is 0.325 e. The molecule has 0 saturated carbocycles. The Kier molecular flexibility index (Phi) is 6.85. The van der Waals surface area contributed by atoms with Crippen LogP contribution in [-0.4, -0.2) is 26.5 Å². The minimum atomic E-state index is -4.58. The van der Waals surface area contributed by atoms with E-state index in [0.29, 0.717) is 22.2 Å². The molecule has 3 aromatic rings. The van der Waals surface area contributed by atoms with Crippen molar-refractivity contribution < 1.29 is 18.0 Å². The van der Waals surface area contributed by atoms with Crippen molar-refractivity contribution in [3.63, 3.8) is 0 Å². The molecule has 1 atom stereocenters. The number of anilines is 1. The molecular formula is C23H20F3N3O2S2. The number of fused-ring (bicyclic) bond motifs is 1. The van der Waals surface area contributed by atoms with Crippen LogP contribution < -0.4 is 10.9 Å². The Morgan fingerprint density at radius 3 is 2.61 bits per heavy atom. The lowest BCUT2D eigenvalue weighted by molar-refractivity contribution is -0.137. The minimum absolute atomic E-state index is 0.163. The number of nitrogens with one attached hydrogen (secondary N) is 1. The monoisotopic (exact) mass is 491 g/mol. The number of alkyl halides is 3. The van der Waals surface area contributed by atoms with Crippen molar-refractivity contribution in [3.05, 3.63) is 81.8 Å². The van der Waals surface area contributed by atoms with Gasteiger partial charge in [-0.1, -0.05) is 61.2 Å². The summed E-state index contributed by atoms with van der Waals surface area (Å²) in [6, 6.07) is 14.2. The molecule has 0 aliphatic carbocycles. The number of benzene rings is 2. The van der Waals surface area contributed by atoms with E-state index in [1.165, 1.54) is 34.5 Å². The van der Waals surface area contributed by atoms with Gasteiger partial charge in [0.1, 0.15) is 0 Å². The van der Waals surface area contributed by atoms with E-state index in [-0.39, 0.29) is 28.8 Å². The zero-order valence-corrected chi connectivity index (χ0v) is 19.2. The van der Waals surface area contributed by atoms with Gasteiger partial charge in [-0.3, -0.25) is 14.2 Å². The Morgan fingerprint density at radius 2 is 1.88 bits per heavy atom. The molecule has 0 saturated heterocycles. The lowest BCUT2D eigenvalue weighted by atomic mass is 10.1. The summed E-state index contributed by atoms with van der Waals surface area (Å²) >= 11 is 2.53. The summed E-state index contributed by atoms with van der Waals surface area (Å²) in [6.45, 7) is 2.31. The number of carbonyl (C=O) groups excluding carboxylic acids is 1. The maximum atomic E-state index is 13.2. The highest BCUT2D eigenvalue weighted by atomic mass is 32.2. The van der Waals surface area contributed by atoms with Crippen LogP contribution in [0.15, 0.2) is 69.4 Å². The second-order valence-electron chi connectivity index (χ2n) is 7.56. The maximum absolute atomic E-state index is 13.2. The van der Waals surface area contributed by atoms with Gasteiger partial charge in [-0.2, -0.15) is 13.2 Å². The average molecular weight is 492 g/mol. The van der Waals surface area contributed by atoms with E-state index >= 15 is 0 Å². The Hall–Kier alpha value is -2.72. The molecule has 0 spiro atoms. The predicted molar refractivity (Wildman–Crippen MR) is 124 cm³/mol. The third-order valence-electron chi connectivity index (χ3n) is 4.99. The predicted octanol–water partition coefficient (Wildman–Crippen LogP) is 5.08. The van der Waals surface area contributed by atoms with Gasteiger partial charge in [-0.05, 0) is 17.7 Å². The molecule has 1 aromatic heterocycles. The molecule has 10 heteroatoms. The fraction of sp³-hybridized carbons (Fsp3) is 0.261. The number of nitrogens with zero attached hydrogens (tertiary/aromatic N) is 2. The van der Waals surface area contributed by atoms with Crippen molar-refractivity contribution in [2.45, 2.75) is 41.4 Å². The van der Waals surface area contributed by atoms with Crippen LogP contribution in [0.3, 0.4) is 0 Å². The van der Waals surface area contributed by atoms with Crippen molar-refractivity contribution in [2.24, 2.45) is 0 Å². The molecule has 2 heterocycles. The van der Waals surface area contributed by atoms with Crippen molar-refractivity contribution in [1.82, 2.24) is 9.55 Å². The minimum Gasteiger partial charge on any atom is -0.325 e. The van der Waals surface area contributed by atoms with E-state index in [9.17, 15) is 22.8 Å². The molecule has 33 heavy (non-hydrogen) atoms. The van der Waals surface area contributed by atoms with Crippen LogP contribution >= 0.6 is 23.5 Å². The summed E-state index contributed by atoms with van der Waals surface area (Å²) in [5, 5.41) is 2.93. The summed E-state index contributed by atoms with van der Waals surface area (Å²) in [6.07, 6.45) is -3.93. The van der Waals surface area contributed by atoms with E-state index < -0.39 is 17.6 Å². The van der Waals surface area contributed by atoms with Crippen LogP contribution in [0.2, 0.25) is 0 Å². The molecule has 1 aliphatic rings. The SMILES string of the molecule is C[C@@H]1Cc2nc(SCC(=O)Nc3ccccc3C(F)(F)F)n(Cc3ccccc3)c(=O)c2S1. The zero-order valence-electron chi connectivity index (χ0n) is 17.6. The van der Waals surface area contributed by atoms with Crippen molar-refractivity contribution >= 4 is 35.1 Å². The van der Waals surface area contributed by atoms with Gasteiger partial charge in [0.05, 0.1) is 34.1 Å². The van der Waals surface area contributed by atoms with E-state index in [0.717, 1.165) is 23.4 Å². The van der Waals surface area contributed by atoms with Crippen LogP contribution in [-0.2, 0) is 23.9 Å². The van der Waals surface area contributed by atoms with Crippen LogP contribution in [0.25, 0.3) is 0 Å². The van der Waals surface area contributed by atoms with Gasteiger partial charge in [-0.15, -0.1) is 11.8 Å². The number of aromatic nitrogens is 2. The van der Waals surface area contributed by atoms with Gasteiger partial charge >= 0.3 is 6.18 Å². The fourth-order valence-corrected chi connectivity index (χ4v) is 5.43. The molecule has 0 bridgehead atoms. The molecule has 2 aromatic carbocycles. The highest BCUT2D eigenvalue weighted by Gasteiger charge is 2.33. The maximum Gasteiger partial charge on any atom is 0.418 e. The average Bonchev–Trinajstić information content (AvgIpc) is 3.15. The summed E-state index contributed by atoms with van der Waals surface area (Å²) in [7, 11) is 0. The lowest BCUT2D eigenvalue weighted by Crippen LogP contribution is -2.26. The molecule has 0 unspecified atom stereocenters. The van der Waals surface area contributed by atoms with Crippen LogP contribution in [0.1, 0.15) is 23.7 Å². The molecule has 1 N–H and O–H groups in total. The first-order valence-electron chi connectivity index (χ1n) is 10.2. The zero-order chi connectivity index (χ0) is 23.6. The first kappa shape index (κ1) is 23.4. The van der Waals surface area contributed by atoms with Gasteiger partial charge in [0.25, 0.3) is 5.56 Å². The second kappa shape index (κ2) is 9.64. The van der Waals surface area contributed by atoms with Crippen LogP contribution in [0, 0.1) is 0 Å². The summed E-state index contributed by atoms with van der Waals surface area (Å²) < 4.78 is 41.1. The number of carbonyl (C=O) groups is 1. The van der Waals surface area contributed by atoms with E-state index in [2.05, 4.69) is 10.3 Å². The lowest BCUT2D eigenvalue weighted by Gasteiger charge is -2.15. The number of rotatable bonds is 6. The Labute approximate surface area is 196 Å². The standard InChI is InChI=1S/C23H20F3N3O2S2/c1-14-11-18-20(33-14)21(31)29(12-15-7-3-2-4-8-15)22(28-18)32-13-19(30)27-17-10-6-5-9-16(17)23(24,25)26/h2-10,14H,11-13H2,1H3,(H,27,30)/t14-/m1/s1. The highest BCUT2D eigenvalue weighted by Crippen LogP contribution is 2.36. The van der Waals surface area contributed by atoms with Gasteiger partial charge in [0.2, 0.25) is 5.91 Å². The van der Waals surface area contributed by atoms with Crippen molar-refractivity contribution in [1.29, 1.82) is 0 Å². The van der Waals surface area contributed by atoms with Crippen LogP contribution in [0.5, 0.6) is 0 Å². The Balaban J connectivity index is 1.57. The quantitative estimate of drug-likeness (QED) is 0.385. The molecule has 4 rings (SSSR count). The van der Waals surface area contributed by atoms with Crippen LogP contribution in [0.4, 0.5) is 18.9 Å². The molecule has 1 aliphatic heterocycles. The molecule has 0 radical (unpaired) electrons. The summed E-state index contributed by atoms with van der Waals surface area (Å²) in [4.78, 5) is 30.9. The normalized spacial score (nSPS) is 15.3. The number of amides is 1. The Bertz CT molecular complexity index is 1230. The fourth-order valence-electron chi connectivity index (χ4n) is 3.50. The first-order chi connectivity index (χ1) is 15.7. The first-order valence-corrected chi connectivity index (χ1v) is 12.0. The Morgan fingerprint density at radius 1 is 1.18 bits per heavy atom. The number of hydrogen-bond donors (Lipinski definition) is 1. The number of para-hydroxylation sites is 1. The number of halogens is 3. The summed E-state index contributed by atoms with van der Waals surface area (Å²) in [5.74, 6) is -0.796. The van der Waals surface area contributed by atoms with Gasteiger partial charge < -0.3 is 5.32 Å². The van der Waals surface area contributed by atoms with Crippen molar-refractivity contribution in [3.8, 4) is 0 Å². The van der Waals surface area contributed by atoms with E-state index in [1.54, 1.807) is 0 Å². The summed E-state index contributed by atoms with van der Waals surface area (Å²) in [5.41, 5.74) is 0.230. The largest absolute Gasteiger partial charge is 0.418 e. The second-order valence-corrected chi connectivity index (χ2v) is 9.95. The van der Waals surface area contributed by atoms with Crippen molar-refractivity contribution in [2.75, 3.05) is 11.1 Å². The van der Waals surface area contributed by atoms with E-state index in [4.69, 9.17) is 0 Å². The number of thioether (sulfide) groups is 2. The molecule has 172 valence electrons.